The quantitative estimate of drug-likeness (QED) is 0.830. The summed E-state index contributed by atoms with van der Waals surface area (Å²) in [5, 5.41) is 17.8. The highest BCUT2D eigenvalue weighted by atomic mass is 16.3. The minimum absolute atomic E-state index is 0.148. The molecule has 2 heterocycles. The maximum absolute atomic E-state index is 12.7. The van der Waals surface area contributed by atoms with E-state index in [0.717, 1.165) is 50.4 Å². The Morgan fingerprint density at radius 3 is 2.50 bits per heavy atom. The topological polar surface area (TPSA) is 74.5 Å². The molecule has 1 N–H and O–H groups in total. The van der Waals surface area contributed by atoms with Crippen LogP contribution in [0.4, 0.5) is 0 Å². The molecule has 26 heavy (non-hydrogen) atoms. The highest BCUT2D eigenvalue weighted by Crippen LogP contribution is 2.30. The van der Waals surface area contributed by atoms with Gasteiger partial charge in [-0.25, -0.2) is 0 Å². The van der Waals surface area contributed by atoms with E-state index in [4.69, 9.17) is 5.11 Å². The van der Waals surface area contributed by atoms with Crippen molar-refractivity contribution in [2.75, 3.05) is 33.3 Å². The van der Waals surface area contributed by atoms with Crippen molar-refractivity contribution in [3.63, 3.8) is 0 Å². The number of rotatable bonds is 6. The van der Waals surface area contributed by atoms with Gasteiger partial charge in [-0.2, -0.15) is 0 Å². The molecule has 1 aliphatic heterocycles. The van der Waals surface area contributed by atoms with Crippen LogP contribution in [0.25, 0.3) is 0 Å². The van der Waals surface area contributed by atoms with Crippen molar-refractivity contribution < 1.29 is 9.90 Å². The predicted octanol–water partition coefficient (Wildman–Crippen LogP) is 1.53. The van der Waals surface area contributed by atoms with E-state index in [9.17, 15) is 4.79 Å². The van der Waals surface area contributed by atoms with Crippen LogP contribution in [0.15, 0.2) is 0 Å². The smallest absolute Gasteiger partial charge is 0.225 e. The van der Waals surface area contributed by atoms with E-state index in [0.29, 0.717) is 24.9 Å². The molecule has 2 fully saturated rings. The number of amides is 1. The van der Waals surface area contributed by atoms with Crippen molar-refractivity contribution >= 4 is 5.91 Å². The molecule has 0 unspecified atom stereocenters. The molecule has 1 aromatic rings. The van der Waals surface area contributed by atoms with Crippen molar-refractivity contribution in [2.45, 2.75) is 57.4 Å². The van der Waals surface area contributed by atoms with Crippen LogP contribution in [0.2, 0.25) is 0 Å². The molecule has 0 spiro atoms. The molecule has 7 nitrogen and oxygen atoms in total. The van der Waals surface area contributed by atoms with Crippen LogP contribution >= 0.6 is 0 Å². The average Bonchev–Trinajstić information content (AvgIpc) is 3.02. The molecule has 2 aliphatic rings. The summed E-state index contributed by atoms with van der Waals surface area (Å²) in [5.41, 5.74) is 0. The molecule has 0 atom stereocenters. The number of aliphatic hydroxyl groups is 1. The summed E-state index contributed by atoms with van der Waals surface area (Å²) in [6, 6.07) is 0. The number of aliphatic hydroxyl groups excluding tert-OH is 1. The Bertz CT molecular complexity index is 589. The Balaban J connectivity index is 1.54. The summed E-state index contributed by atoms with van der Waals surface area (Å²) in [6.45, 7) is 3.14. The molecule has 1 amide bonds. The first kappa shape index (κ1) is 19.3. The molecule has 146 valence electrons. The number of nitrogens with zero attached hydrogens (tertiary/aromatic N) is 5. The van der Waals surface area contributed by atoms with Gasteiger partial charge in [0.1, 0.15) is 11.6 Å². The summed E-state index contributed by atoms with van der Waals surface area (Å²) in [6.07, 6.45) is 7.79. The zero-order valence-electron chi connectivity index (χ0n) is 16.2. The highest BCUT2D eigenvalue weighted by Gasteiger charge is 2.31. The summed E-state index contributed by atoms with van der Waals surface area (Å²) in [7, 11) is 4.00. The van der Waals surface area contributed by atoms with Crippen molar-refractivity contribution in [3.8, 4) is 0 Å². The third kappa shape index (κ3) is 4.43. The van der Waals surface area contributed by atoms with Gasteiger partial charge in [0.25, 0.3) is 0 Å². The molecule has 1 saturated carbocycles. The standard InChI is InChI=1S/C19H33N5O2/c1-22(12-13-25)14-17-20-21-18(23(17)2)15-8-10-24(11-9-15)19(26)16-6-4-3-5-7-16/h15-16,25H,3-14H2,1-2H3. The van der Waals surface area contributed by atoms with Crippen LogP contribution in [0.3, 0.4) is 0 Å². The van der Waals surface area contributed by atoms with Crippen molar-refractivity contribution in [2.24, 2.45) is 13.0 Å². The Morgan fingerprint density at radius 2 is 1.85 bits per heavy atom. The number of piperidine rings is 1. The lowest BCUT2D eigenvalue weighted by Crippen LogP contribution is -2.42. The van der Waals surface area contributed by atoms with E-state index >= 15 is 0 Å². The molecule has 1 aliphatic carbocycles. The van der Waals surface area contributed by atoms with Crippen LogP contribution in [0.1, 0.15) is 62.5 Å². The van der Waals surface area contributed by atoms with Crippen LogP contribution in [-0.2, 0) is 18.4 Å². The van der Waals surface area contributed by atoms with Crippen molar-refractivity contribution in [3.05, 3.63) is 11.6 Å². The first-order chi connectivity index (χ1) is 12.6. The Labute approximate surface area is 156 Å². The van der Waals surface area contributed by atoms with Crippen LogP contribution in [0.5, 0.6) is 0 Å². The second-order valence-electron chi connectivity index (χ2n) is 7.93. The Hall–Kier alpha value is -1.47. The Kier molecular flexibility index (Phi) is 6.64. The molecule has 0 aromatic carbocycles. The zero-order chi connectivity index (χ0) is 18.5. The molecule has 7 heteroatoms. The molecular weight excluding hydrogens is 330 g/mol. The summed E-state index contributed by atoms with van der Waals surface area (Å²) < 4.78 is 2.09. The normalized spacial score (nSPS) is 20.1. The van der Waals surface area contributed by atoms with E-state index in [-0.39, 0.29) is 12.5 Å². The lowest BCUT2D eigenvalue weighted by molar-refractivity contribution is -0.137. The largest absolute Gasteiger partial charge is 0.395 e. The number of likely N-dealkylation sites (tertiary alicyclic amines) is 1. The molecule has 1 saturated heterocycles. The fraction of sp³-hybridized carbons (Fsp3) is 0.842. The zero-order valence-corrected chi connectivity index (χ0v) is 16.2. The minimum Gasteiger partial charge on any atom is -0.395 e. The van der Waals surface area contributed by atoms with E-state index in [1.807, 2.05) is 19.0 Å². The summed E-state index contributed by atoms with van der Waals surface area (Å²) >= 11 is 0. The van der Waals surface area contributed by atoms with Crippen LogP contribution in [-0.4, -0.2) is 68.9 Å². The van der Waals surface area contributed by atoms with Gasteiger partial charge in [-0.3, -0.25) is 9.69 Å². The number of likely N-dealkylation sites (N-methyl/N-ethyl adjacent to an activating group) is 1. The lowest BCUT2D eigenvalue weighted by Gasteiger charge is -2.34. The van der Waals surface area contributed by atoms with E-state index in [2.05, 4.69) is 19.7 Å². The monoisotopic (exact) mass is 363 g/mol. The molecule has 1 aromatic heterocycles. The van der Waals surface area contributed by atoms with Gasteiger partial charge in [0.15, 0.2) is 0 Å². The molecular formula is C19H33N5O2. The molecule has 0 bridgehead atoms. The number of carbonyl (C=O) groups is 1. The van der Waals surface area contributed by atoms with Gasteiger partial charge >= 0.3 is 0 Å². The van der Waals surface area contributed by atoms with Crippen molar-refractivity contribution in [1.29, 1.82) is 0 Å². The van der Waals surface area contributed by atoms with Crippen LogP contribution in [0, 0.1) is 5.92 Å². The third-order valence-corrected chi connectivity index (χ3v) is 6.02. The van der Waals surface area contributed by atoms with Gasteiger partial charge in [0, 0.05) is 38.5 Å². The second kappa shape index (κ2) is 8.95. The van der Waals surface area contributed by atoms with Gasteiger partial charge in [0.05, 0.1) is 13.2 Å². The second-order valence-corrected chi connectivity index (χ2v) is 7.93. The maximum Gasteiger partial charge on any atom is 0.225 e. The van der Waals surface area contributed by atoms with Gasteiger partial charge in [-0.15, -0.1) is 10.2 Å². The summed E-state index contributed by atoms with van der Waals surface area (Å²) in [5.74, 6) is 2.98. The fourth-order valence-corrected chi connectivity index (χ4v) is 4.33. The van der Waals surface area contributed by atoms with E-state index in [1.165, 1.54) is 19.3 Å². The minimum atomic E-state index is 0.148. The predicted molar refractivity (Wildman–Crippen MR) is 99.6 cm³/mol. The number of hydrogen-bond acceptors (Lipinski definition) is 5. The number of aromatic nitrogens is 3. The summed E-state index contributed by atoms with van der Waals surface area (Å²) in [4.78, 5) is 16.8. The first-order valence-electron chi connectivity index (χ1n) is 10.1. The fourth-order valence-electron chi connectivity index (χ4n) is 4.33. The third-order valence-electron chi connectivity index (χ3n) is 6.02. The van der Waals surface area contributed by atoms with Crippen molar-refractivity contribution in [1.82, 2.24) is 24.6 Å². The van der Waals surface area contributed by atoms with Gasteiger partial charge in [-0.1, -0.05) is 19.3 Å². The van der Waals surface area contributed by atoms with Gasteiger partial charge < -0.3 is 14.6 Å². The lowest BCUT2D eigenvalue weighted by atomic mass is 9.87. The molecule has 3 rings (SSSR count). The van der Waals surface area contributed by atoms with Crippen LogP contribution < -0.4 is 0 Å². The number of carbonyl (C=O) groups excluding carboxylic acids is 1. The van der Waals surface area contributed by atoms with Gasteiger partial charge in [-0.05, 0) is 32.7 Å². The highest BCUT2D eigenvalue weighted by molar-refractivity contribution is 5.79. The van der Waals surface area contributed by atoms with E-state index < -0.39 is 0 Å². The van der Waals surface area contributed by atoms with E-state index in [1.54, 1.807) is 0 Å². The van der Waals surface area contributed by atoms with Gasteiger partial charge in [0.2, 0.25) is 5.91 Å². The average molecular weight is 364 g/mol. The maximum atomic E-state index is 12.7. The first-order valence-corrected chi connectivity index (χ1v) is 10.1. The number of hydrogen-bond donors (Lipinski definition) is 1. The molecule has 0 radical (unpaired) electrons. The Morgan fingerprint density at radius 1 is 1.15 bits per heavy atom. The SMILES string of the molecule is CN(CCO)Cc1nnc(C2CCN(C(=O)C3CCCCC3)CC2)n1C.